The minimum Gasteiger partial charge on any atom is -0.486 e. The van der Waals surface area contributed by atoms with Crippen molar-refractivity contribution in [2.75, 3.05) is 30.5 Å². The van der Waals surface area contributed by atoms with Crippen LogP contribution < -0.4 is 24.8 Å². The standard InChI is InChI=1S/C18H16N2O5/c21-16(9-11-4-5-14-15(8-11)24-7-6-23-14)19-12-2-1-3-13-18(12)25-10-17(22)20-13/h1-5,8H,6-7,9-10H2,(H,19,21)(H,20,22). The highest BCUT2D eigenvalue weighted by Gasteiger charge is 2.20. The molecular formula is C18H16N2O5. The second kappa shape index (κ2) is 6.35. The molecule has 2 aliphatic rings. The molecule has 2 aromatic carbocycles. The monoisotopic (exact) mass is 340 g/mol. The second-order valence-electron chi connectivity index (χ2n) is 5.72. The highest BCUT2D eigenvalue weighted by molar-refractivity contribution is 6.00. The van der Waals surface area contributed by atoms with Crippen LogP contribution in [0.15, 0.2) is 36.4 Å². The van der Waals surface area contributed by atoms with Crippen LogP contribution in [0, 0.1) is 0 Å². The number of hydrogen-bond donors (Lipinski definition) is 2. The summed E-state index contributed by atoms with van der Waals surface area (Å²) in [6.07, 6.45) is 0.187. The van der Waals surface area contributed by atoms with Gasteiger partial charge in [-0.25, -0.2) is 0 Å². The molecule has 0 aromatic heterocycles. The average Bonchev–Trinajstić information content (AvgIpc) is 2.61. The molecule has 2 aromatic rings. The maximum absolute atomic E-state index is 12.4. The summed E-state index contributed by atoms with van der Waals surface area (Å²) in [4.78, 5) is 23.7. The van der Waals surface area contributed by atoms with Crippen LogP contribution in [0.3, 0.4) is 0 Å². The van der Waals surface area contributed by atoms with Gasteiger partial charge in [-0.3, -0.25) is 9.59 Å². The Labute approximate surface area is 143 Å². The first-order valence-corrected chi connectivity index (χ1v) is 7.93. The normalized spacial score (nSPS) is 14.8. The lowest BCUT2D eigenvalue weighted by atomic mass is 10.1. The van der Waals surface area contributed by atoms with E-state index in [1.165, 1.54) is 0 Å². The first-order valence-electron chi connectivity index (χ1n) is 7.93. The van der Waals surface area contributed by atoms with E-state index in [4.69, 9.17) is 14.2 Å². The van der Waals surface area contributed by atoms with Crippen molar-refractivity contribution >= 4 is 23.2 Å². The third-order valence-electron chi connectivity index (χ3n) is 3.88. The van der Waals surface area contributed by atoms with Gasteiger partial charge in [0.1, 0.15) is 13.2 Å². The van der Waals surface area contributed by atoms with Crippen molar-refractivity contribution in [2.45, 2.75) is 6.42 Å². The lowest BCUT2D eigenvalue weighted by molar-refractivity contribution is -0.118. The zero-order chi connectivity index (χ0) is 17.2. The summed E-state index contributed by atoms with van der Waals surface area (Å²) in [5.74, 6) is 1.41. The first kappa shape index (κ1) is 15.3. The van der Waals surface area contributed by atoms with Crippen molar-refractivity contribution in [3.8, 4) is 17.2 Å². The van der Waals surface area contributed by atoms with Gasteiger partial charge in [0.05, 0.1) is 17.8 Å². The lowest BCUT2D eigenvalue weighted by Gasteiger charge is -2.21. The number of carbonyl (C=O) groups excluding carboxylic acids is 2. The number of ether oxygens (including phenoxy) is 3. The highest BCUT2D eigenvalue weighted by atomic mass is 16.6. The van der Waals surface area contributed by atoms with Crippen molar-refractivity contribution in [1.29, 1.82) is 0 Å². The fourth-order valence-corrected chi connectivity index (χ4v) is 2.79. The summed E-state index contributed by atoms with van der Waals surface area (Å²) < 4.78 is 16.4. The third-order valence-corrected chi connectivity index (χ3v) is 3.88. The zero-order valence-corrected chi connectivity index (χ0v) is 13.3. The van der Waals surface area contributed by atoms with E-state index in [0.29, 0.717) is 41.8 Å². The van der Waals surface area contributed by atoms with Crippen LogP contribution in [-0.4, -0.2) is 31.6 Å². The number of nitrogens with one attached hydrogen (secondary N) is 2. The van der Waals surface area contributed by atoms with Crippen LogP contribution in [0.2, 0.25) is 0 Å². The van der Waals surface area contributed by atoms with Crippen LogP contribution in [0.5, 0.6) is 17.2 Å². The number of hydrogen-bond acceptors (Lipinski definition) is 5. The smallest absolute Gasteiger partial charge is 0.262 e. The number of carbonyl (C=O) groups is 2. The molecule has 0 aliphatic carbocycles. The van der Waals surface area contributed by atoms with E-state index < -0.39 is 0 Å². The van der Waals surface area contributed by atoms with Gasteiger partial charge in [0.15, 0.2) is 23.9 Å². The van der Waals surface area contributed by atoms with Gasteiger partial charge in [-0.1, -0.05) is 12.1 Å². The van der Waals surface area contributed by atoms with Crippen LogP contribution >= 0.6 is 0 Å². The Bertz CT molecular complexity index is 849. The lowest BCUT2D eigenvalue weighted by Crippen LogP contribution is -2.26. The molecule has 0 spiro atoms. The van der Waals surface area contributed by atoms with Gasteiger partial charge < -0.3 is 24.8 Å². The number of fused-ring (bicyclic) bond motifs is 2. The van der Waals surface area contributed by atoms with E-state index >= 15 is 0 Å². The van der Waals surface area contributed by atoms with E-state index in [-0.39, 0.29) is 24.8 Å². The quantitative estimate of drug-likeness (QED) is 0.892. The number of rotatable bonds is 3. The minimum atomic E-state index is -0.216. The Hall–Kier alpha value is -3.22. The molecule has 0 radical (unpaired) electrons. The first-order chi connectivity index (χ1) is 12.2. The average molecular weight is 340 g/mol. The molecule has 0 bridgehead atoms. The summed E-state index contributed by atoms with van der Waals surface area (Å²) in [6.45, 7) is 0.965. The maximum Gasteiger partial charge on any atom is 0.262 e. The molecule has 0 unspecified atom stereocenters. The number of para-hydroxylation sites is 1. The Kier molecular flexibility index (Phi) is 3.89. The minimum absolute atomic E-state index is 0.0674. The maximum atomic E-state index is 12.4. The Balaban J connectivity index is 1.48. The Morgan fingerprint density at radius 1 is 1.08 bits per heavy atom. The van der Waals surface area contributed by atoms with E-state index in [0.717, 1.165) is 5.56 Å². The largest absolute Gasteiger partial charge is 0.486 e. The molecule has 0 saturated heterocycles. The van der Waals surface area contributed by atoms with E-state index in [2.05, 4.69) is 10.6 Å². The van der Waals surface area contributed by atoms with Crippen molar-refractivity contribution in [1.82, 2.24) is 0 Å². The summed E-state index contributed by atoms with van der Waals surface area (Å²) in [5.41, 5.74) is 1.90. The van der Waals surface area contributed by atoms with Gasteiger partial charge in [-0.15, -0.1) is 0 Å². The molecule has 0 fully saturated rings. The molecule has 2 aliphatic heterocycles. The van der Waals surface area contributed by atoms with Gasteiger partial charge in [0, 0.05) is 0 Å². The Morgan fingerprint density at radius 2 is 1.92 bits per heavy atom. The Morgan fingerprint density at radius 3 is 2.80 bits per heavy atom. The highest BCUT2D eigenvalue weighted by Crippen LogP contribution is 2.35. The molecule has 2 amide bonds. The third kappa shape index (κ3) is 3.21. The van der Waals surface area contributed by atoms with Crippen LogP contribution in [-0.2, 0) is 16.0 Å². The van der Waals surface area contributed by atoms with Gasteiger partial charge in [-0.2, -0.15) is 0 Å². The predicted octanol–water partition coefficient (Wildman–Crippen LogP) is 1.97. The molecule has 128 valence electrons. The molecule has 7 heteroatoms. The zero-order valence-electron chi connectivity index (χ0n) is 13.3. The molecule has 4 rings (SSSR count). The van der Waals surface area contributed by atoms with Crippen LogP contribution in [0.4, 0.5) is 11.4 Å². The van der Waals surface area contributed by atoms with Crippen molar-refractivity contribution < 1.29 is 23.8 Å². The number of benzene rings is 2. The van der Waals surface area contributed by atoms with Crippen LogP contribution in [0.1, 0.15) is 5.56 Å². The van der Waals surface area contributed by atoms with E-state index in [1.807, 2.05) is 12.1 Å². The van der Waals surface area contributed by atoms with Gasteiger partial charge in [0.25, 0.3) is 5.91 Å². The van der Waals surface area contributed by atoms with Crippen LogP contribution in [0.25, 0.3) is 0 Å². The van der Waals surface area contributed by atoms with Crippen molar-refractivity contribution in [3.63, 3.8) is 0 Å². The molecular weight excluding hydrogens is 324 g/mol. The van der Waals surface area contributed by atoms with Crippen molar-refractivity contribution in [3.05, 3.63) is 42.0 Å². The number of anilines is 2. The van der Waals surface area contributed by atoms with Gasteiger partial charge >= 0.3 is 0 Å². The van der Waals surface area contributed by atoms with E-state index in [9.17, 15) is 9.59 Å². The molecule has 25 heavy (non-hydrogen) atoms. The fourth-order valence-electron chi connectivity index (χ4n) is 2.79. The molecule has 0 atom stereocenters. The number of amides is 2. The molecule has 2 heterocycles. The molecule has 2 N–H and O–H groups in total. The van der Waals surface area contributed by atoms with Gasteiger partial charge in [0.2, 0.25) is 5.91 Å². The summed E-state index contributed by atoms with van der Waals surface area (Å²) >= 11 is 0. The van der Waals surface area contributed by atoms with E-state index in [1.54, 1.807) is 24.3 Å². The summed E-state index contributed by atoms with van der Waals surface area (Å²) in [5, 5.41) is 5.54. The topological polar surface area (TPSA) is 85.9 Å². The second-order valence-corrected chi connectivity index (χ2v) is 5.72. The fraction of sp³-hybridized carbons (Fsp3) is 0.222. The SMILES string of the molecule is O=C1COc2c(cccc2NC(=O)Cc2ccc3c(c2)OCCO3)N1. The van der Waals surface area contributed by atoms with Gasteiger partial charge in [-0.05, 0) is 29.8 Å². The molecule has 0 saturated carbocycles. The molecule has 7 nitrogen and oxygen atoms in total. The predicted molar refractivity (Wildman–Crippen MR) is 90.3 cm³/mol. The summed E-state index contributed by atoms with van der Waals surface area (Å²) in [6, 6.07) is 10.7. The summed E-state index contributed by atoms with van der Waals surface area (Å²) in [7, 11) is 0. The van der Waals surface area contributed by atoms with Crippen molar-refractivity contribution in [2.24, 2.45) is 0 Å².